The summed E-state index contributed by atoms with van der Waals surface area (Å²) in [5.74, 6) is -2.94. The van der Waals surface area contributed by atoms with Crippen LogP contribution < -0.4 is 5.43 Å². The zero-order chi connectivity index (χ0) is 27.5. The number of halogens is 2. The van der Waals surface area contributed by atoms with Crippen LogP contribution in [0.3, 0.4) is 0 Å². The summed E-state index contributed by atoms with van der Waals surface area (Å²) < 4.78 is 31.1. The second-order valence-corrected chi connectivity index (χ2v) is 10.3. The monoisotopic (exact) mass is 527 g/mol. The van der Waals surface area contributed by atoms with Crippen LogP contribution in [-0.4, -0.2) is 33.2 Å². The van der Waals surface area contributed by atoms with Gasteiger partial charge in [-0.25, -0.2) is 8.78 Å². The molecule has 1 amide bonds. The summed E-state index contributed by atoms with van der Waals surface area (Å²) >= 11 is 0. The molecule has 5 rings (SSSR count). The number of benzene rings is 3. The van der Waals surface area contributed by atoms with E-state index in [0.29, 0.717) is 25.1 Å². The minimum atomic E-state index is -0.900. The van der Waals surface area contributed by atoms with Crippen LogP contribution in [0, 0.1) is 24.5 Å². The van der Waals surface area contributed by atoms with E-state index < -0.39 is 28.9 Å². The molecule has 0 aliphatic carbocycles. The lowest BCUT2D eigenvalue weighted by Gasteiger charge is -2.35. The fourth-order valence-electron chi connectivity index (χ4n) is 5.80. The molecule has 200 valence electrons. The first-order chi connectivity index (χ1) is 18.8. The third-order valence-electron chi connectivity index (χ3n) is 7.70. The molecular weight excluding hydrogens is 496 g/mol. The summed E-state index contributed by atoms with van der Waals surface area (Å²) in [6, 6.07) is 23.1. The van der Waals surface area contributed by atoms with E-state index in [4.69, 9.17) is 0 Å². The topological polar surface area (TPSA) is 55.2 Å². The fourth-order valence-corrected chi connectivity index (χ4v) is 5.80. The van der Waals surface area contributed by atoms with E-state index in [1.54, 1.807) is 28.8 Å². The molecule has 0 radical (unpaired) electrons. The number of rotatable bonds is 7. The molecule has 0 saturated carbocycles. The highest BCUT2D eigenvalue weighted by atomic mass is 19.2. The van der Waals surface area contributed by atoms with Crippen LogP contribution in [0.1, 0.15) is 58.4 Å². The first kappa shape index (κ1) is 26.5. The van der Waals surface area contributed by atoms with Crippen molar-refractivity contribution in [2.24, 2.45) is 5.92 Å². The molecule has 3 aromatic carbocycles. The zero-order valence-electron chi connectivity index (χ0n) is 22.1. The van der Waals surface area contributed by atoms with E-state index in [0.717, 1.165) is 23.6 Å². The van der Waals surface area contributed by atoms with Crippen LogP contribution in [0.4, 0.5) is 8.78 Å². The summed E-state index contributed by atoms with van der Waals surface area (Å²) in [6.45, 7) is 4.55. The smallest absolute Gasteiger partial charge is 0.278 e. The Hall–Kier alpha value is -4.13. The lowest BCUT2D eigenvalue weighted by molar-refractivity contribution is 0.0675. The second kappa shape index (κ2) is 11.3. The summed E-state index contributed by atoms with van der Waals surface area (Å²) in [7, 11) is 0. The average molecular weight is 528 g/mol. The van der Waals surface area contributed by atoms with Crippen molar-refractivity contribution in [3.8, 4) is 0 Å². The average Bonchev–Trinajstić information content (AvgIpc) is 3.44. The maximum absolute atomic E-state index is 15.1. The maximum atomic E-state index is 15.1. The molecule has 5 nitrogen and oxygen atoms in total. The van der Waals surface area contributed by atoms with Crippen molar-refractivity contribution in [3.63, 3.8) is 0 Å². The molecule has 7 heteroatoms. The number of carbonyl (C=O) groups is 1. The van der Waals surface area contributed by atoms with Gasteiger partial charge in [0.25, 0.3) is 5.91 Å². The SMILES string of the molecule is Cc1cn(Cc2ccccc2)nc(C(=O)N2CCC[C@@H]2[C@H](C)[C@H](c2ccccc2)c2cccc(F)c2F)c1=O. The van der Waals surface area contributed by atoms with Gasteiger partial charge >= 0.3 is 0 Å². The maximum Gasteiger partial charge on any atom is 0.278 e. The van der Waals surface area contributed by atoms with Gasteiger partial charge in [0, 0.05) is 30.3 Å². The first-order valence-electron chi connectivity index (χ1n) is 13.3. The largest absolute Gasteiger partial charge is 0.334 e. The van der Waals surface area contributed by atoms with Gasteiger partial charge in [-0.1, -0.05) is 79.7 Å². The van der Waals surface area contributed by atoms with Crippen LogP contribution in [0.5, 0.6) is 0 Å². The van der Waals surface area contributed by atoms with Gasteiger partial charge in [0.05, 0.1) is 6.54 Å². The van der Waals surface area contributed by atoms with Gasteiger partial charge in [0.15, 0.2) is 17.3 Å². The highest BCUT2D eigenvalue weighted by molar-refractivity contribution is 5.92. The standard InChI is InChI=1S/C32H31F2N3O2/c1-21-19-36(20-23-11-5-3-6-12-23)35-30(31(21)38)32(39)37-18-10-17-27(37)22(2)28(24-13-7-4-8-14-24)25-15-9-16-26(33)29(25)34/h3-9,11-16,19,22,27-28H,10,17-18,20H2,1-2H3/t22-,27+,28+/m0/s1. The van der Waals surface area contributed by atoms with Crippen LogP contribution >= 0.6 is 0 Å². The van der Waals surface area contributed by atoms with E-state index in [9.17, 15) is 14.0 Å². The molecule has 1 aromatic heterocycles. The minimum Gasteiger partial charge on any atom is -0.334 e. The van der Waals surface area contributed by atoms with Crippen molar-refractivity contribution in [2.45, 2.75) is 45.2 Å². The predicted octanol–water partition coefficient (Wildman–Crippen LogP) is 5.95. The highest BCUT2D eigenvalue weighted by Crippen LogP contribution is 2.40. The van der Waals surface area contributed by atoms with Crippen molar-refractivity contribution in [1.82, 2.24) is 14.7 Å². The van der Waals surface area contributed by atoms with Gasteiger partial charge in [-0.15, -0.1) is 0 Å². The van der Waals surface area contributed by atoms with Crippen molar-refractivity contribution in [3.05, 3.63) is 135 Å². The number of aromatic nitrogens is 2. The number of carbonyl (C=O) groups excluding carboxylic acids is 1. The van der Waals surface area contributed by atoms with Crippen LogP contribution in [0.2, 0.25) is 0 Å². The van der Waals surface area contributed by atoms with Gasteiger partial charge in [0.2, 0.25) is 5.43 Å². The molecule has 1 saturated heterocycles. The Labute approximate surface area is 226 Å². The van der Waals surface area contributed by atoms with Gasteiger partial charge in [-0.05, 0) is 48.4 Å². The Bertz CT molecular complexity index is 1520. The molecule has 4 aromatic rings. The Kier molecular flexibility index (Phi) is 7.68. The lowest BCUT2D eigenvalue weighted by Crippen LogP contribution is -2.44. The van der Waals surface area contributed by atoms with Crippen LogP contribution in [0.25, 0.3) is 0 Å². The third kappa shape index (κ3) is 5.39. The molecule has 0 spiro atoms. The molecule has 0 N–H and O–H groups in total. The zero-order valence-corrected chi connectivity index (χ0v) is 22.1. The van der Waals surface area contributed by atoms with Gasteiger partial charge in [-0.3, -0.25) is 14.3 Å². The molecule has 3 atom stereocenters. The van der Waals surface area contributed by atoms with E-state index in [1.807, 2.05) is 67.6 Å². The first-order valence-corrected chi connectivity index (χ1v) is 13.3. The Morgan fingerprint density at radius 1 is 1.00 bits per heavy atom. The van der Waals surface area contributed by atoms with Crippen LogP contribution in [0.15, 0.2) is 89.9 Å². The molecular formula is C32H31F2N3O2. The van der Waals surface area contributed by atoms with E-state index in [1.165, 1.54) is 6.07 Å². The highest BCUT2D eigenvalue weighted by Gasteiger charge is 2.39. The van der Waals surface area contributed by atoms with E-state index in [2.05, 4.69) is 5.10 Å². The molecule has 1 fully saturated rings. The van der Waals surface area contributed by atoms with Crippen molar-refractivity contribution >= 4 is 5.91 Å². The number of hydrogen-bond donors (Lipinski definition) is 0. The van der Waals surface area contributed by atoms with Gasteiger partial charge in [0.1, 0.15) is 0 Å². The minimum absolute atomic E-state index is 0.113. The number of hydrogen-bond acceptors (Lipinski definition) is 3. The second-order valence-electron chi connectivity index (χ2n) is 10.3. The van der Waals surface area contributed by atoms with Gasteiger partial charge in [-0.2, -0.15) is 5.10 Å². The fraction of sp³-hybridized carbons (Fsp3) is 0.281. The Morgan fingerprint density at radius 3 is 2.41 bits per heavy atom. The number of aryl methyl sites for hydroxylation is 1. The summed E-state index contributed by atoms with van der Waals surface area (Å²) in [5.41, 5.74) is 2.04. The quantitative estimate of drug-likeness (QED) is 0.298. The normalized spacial score (nSPS) is 16.7. The number of nitrogens with zero attached hydrogens (tertiary/aromatic N) is 3. The number of likely N-dealkylation sites (tertiary alicyclic amines) is 1. The van der Waals surface area contributed by atoms with Crippen molar-refractivity contribution < 1.29 is 13.6 Å². The lowest BCUT2D eigenvalue weighted by atomic mass is 9.77. The van der Waals surface area contributed by atoms with Crippen LogP contribution in [-0.2, 0) is 6.54 Å². The van der Waals surface area contributed by atoms with E-state index >= 15 is 4.39 Å². The van der Waals surface area contributed by atoms with Crippen molar-refractivity contribution in [1.29, 1.82) is 0 Å². The third-order valence-corrected chi connectivity index (χ3v) is 7.70. The molecule has 2 heterocycles. The van der Waals surface area contributed by atoms with Gasteiger partial charge < -0.3 is 4.90 Å². The van der Waals surface area contributed by atoms with E-state index in [-0.39, 0.29) is 23.2 Å². The summed E-state index contributed by atoms with van der Waals surface area (Å²) in [4.78, 5) is 28.7. The molecule has 0 unspecified atom stereocenters. The number of amides is 1. The molecule has 0 bridgehead atoms. The molecule has 39 heavy (non-hydrogen) atoms. The molecule has 1 aliphatic heterocycles. The Balaban J connectivity index is 1.49. The summed E-state index contributed by atoms with van der Waals surface area (Å²) in [5, 5.41) is 4.46. The molecule has 1 aliphatic rings. The van der Waals surface area contributed by atoms with Crippen molar-refractivity contribution in [2.75, 3.05) is 6.54 Å². The summed E-state index contributed by atoms with van der Waals surface area (Å²) in [6.07, 6.45) is 3.10. The predicted molar refractivity (Wildman–Crippen MR) is 147 cm³/mol. The Morgan fingerprint density at radius 2 is 1.69 bits per heavy atom.